The Hall–Kier alpha value is -2.56. The van der Waals surface area contributed by atoms with E-state index in [1.165, 1.54) is 0 Å². The van der Waals surface area contributed by atoms with E-state index in [1.807, 2.05) is 32.0 Å². The lowest BCUT2D eigenvalue weighted by Crippen LogP contribution is -2.04. The van der Waals surface area contributed by atoms with Crippen molar-refractivity contribution in [3.05, 3.63) is 41.1 Å². The van der Waals surface area contributed by atoms with Crippen molar-refractivity contribution in [2.24, 2.45) is 0 Å². The van der Waals surface area contributed by atoms with Crippen molar-refractivity contribution in [1.82, 2.24) is 4.98 Å². The van der Waals surface area contributed by atoms with E-state index in [2.05, 4.69) is 4.98 Å². The molecule has 0 atom stereocenters. The lowest BCUT2D eigenvalue weighted by atomic mass is 9.94. The first-order valence-corrected chi connectivity index (χ1v) is 6.59. The highest BCUT2D eigenvalue weighted by Gasteiger charge is 2.26. The molecule has 0 fully saturated rings. The third-order valence-electron chi connectivity index (χ3n) is 3.35. The molecule has 0 spiro atoms. The number of methoxy groups -OCH3 is 1. The van der Waals surface area contributed by atoms with Crippen LogP contribution in [0.25, 0.3) is 11.3 Å². The van der Waals surface area contributed by atoms with Crippen molar-refractivity contribution < 1.29 is 19.4 Å². The number of H-pyrrole nitrogens is 1. The summed E-state index contributed by atoms with van der Waals surface area (Å²) in [6.07, 6.45) is 0.536. The Labute approximate surface area is 122 Å². The van der Waals surface area contributed by atoms with Gasteiger partial charge in [-0.05, 0) is 23.6 Å². The van der Waals surface area contributed by atoms with Crippen molar-refractivity contribution in [3.63, 3.8) is 0 Å². The number of aromatic nitrogens is 1. The number of carbonyl (C=O) groups is 2. The Morgan fingerprint density at radius 2 is 2.00 bits per heavy atom. The SMILES string of the molecule is COc1ccccc1-c1[nH]c(C=O)c(C(=O)O)c1C(C)C. The number of rotatable bonds is 5. The van der Waals surface area contributed by atoms with Crippen LogP contribution in [0.2, 0.25) is 0 Å². The van der Waals surface area contributed by atoms with Gasteiger partial charge in [0.15, 0.2) is 6.29 Å². The second-order valence-electron chi connectivity index (χ2n) is 4.98. The summed E-state index contributed by atoms with van der Waals surface area (Å²) in [6.45, 7) is 3.78. The van der Waals surface area contributed by atoms with Crippen molar-refractivity contribution >= 4 is 12.3 Å². The van der Waals surface area contributed by atoms with Gasteiger partial charge in [-0.25, -0.2) is 4.79 Å². The summed E-state index contributed by atoms with van der Waals surface area (Å²) >= 11 is 0. The normalized spacial score (nSPS) is 10.7. The Morgan fingerprint density at radius 1 is 1.33 bits per heavy atom. The molecular weight excluding hydrogens is 270 g/mol. The average molecular weight is 287 g/mol. The van der Waals surface area contributed by atoms with Gasteiger partial charge in [-0.1, -0.05) is 26.0 Å². The largest absolute Gasteiger partial charge is 0.496 e. The van der Waals surface area contributed by atoms with Crippen LogP contribution in [-0.4, -0.2) is 29.5 Å². The summed E-state index contributed by atoms with van der Waals surface area (Å²) in [5.41, 5.74) is 2.06. The number of aromatic carboxylic acids is 1. The molecule has 0 radical (unpaired) electrons. The smallest absolute Gasteiger partial charge is 0.338 e. The van der Waals surface area contributed by atoms with Gasteiger partial charge in [0.05, 0.1) is 24.1 Å². The van der Waals surface area contributed by atoms with E-state index in [9.17, 15) is 14.7 Å². The summed E-state index contributed by atoms with van der Waals surface area (Å²) in [5, 5.41) is 9.40. The Bertz CT molecular complexity index is 686. The molecule has 2 rings (SSSR count). The zero-order chi connectivity index (χ0) is 15.6. The van der Waals surface area contributed by atoms with Crippen molar-refractivity contribution in [2.75, 3.05) is 7.11 Å². The molecule has 1 heterocycles. The van der Waals surface area contributed by atoms with E-state index in [4.69, 9.17) is 4.74 Å². The molecule has 0 aliphatic carbocycles. The van der Waals surface area contributed by atoms with Crippen molar-refractivity contribution in [1.29, 1.82) is 0 Å². The number of carboxylic acid groups (broad SMARTS) is 1. The van der Waals surface area contributed by atoms with E-state index in [0.29, 0.717) is 23.3 Å². The second kappa shape index (κ2) is 5.83. The first kappa shape index (κ1) is 14.8. The molecule has 0 saturated carbocycles. The third kappa shape index (κ3) is 2.54. The van der Waals surface area contributed by atoms with Gasteiger partial charge < -0.3 is 14.8 Å². The quantitative estimate of drug-likeness (QED) is 0.827. The summed E-state index contributed by atoms with van der Waals surface area (Å²) in [6, 6.07) is 7.29. The molecule has 0 amide bonds. The first-order chi connectivity index (χ1) is 10.0. The van der Waals surface area contributed by atoms with Crippen LogP contribution < -0.4 is 4.74 Å². The van der Waals surface area contributed by atoms with E-state index in [-0.39, 0.29) is 17.2 Å². The highest BCUT2D eigenvalue weighted by Crippen LogP contribution is 2.37. The zero-order valence-corrected chi connectivity index (χ0v) is 12.1. The maximum atomic E-state index is 11.5. The highest BCUT2D eigenvalue weighted by molar-refractivity contribution is 6.00. The number of nitrogens with one attached hydrogen (secondary N) is 1. The molecule has 0 aliphatic rings. The second-order valence-corrected chi connectivity index (χ2v) is 4.98. The molecule has 1 aromatic carbocycles. The van der Waals surface area contributed by atoms with E-state index >= 15 is 0 Å². The van der Waals surface area contributed by atoms with Crippen LogP contribution in [0, 0.1) is 0 Å². The standard InChI is InChI=1S/C16H17NO4/c1-9(2)13-14(16(19)20)11(8-18)17-15(13)10-6-4-5-7-12(10)21-3/h4-9,17H,1-3H3,(H,19,20). The van der Waals surface area contributed by atoms with Gasteiger partial charge in [-0.3, -0.25) is 4.79 Å². The topological polar surface area (TPSA) is 79.4 Å². The third-order valence-corrected chi connectivity index (χ3v) is 3.35. The minimum absolute atomic E-state index is 0.0286. The number of hydrogen-bond donors (Lipinski definition) is 2. The van der Waals surface area contributed by atoms with Crippen LogP contribution in [0.15, 0.2) is 24.3 Å². The maximum Gasteiger partial charge on any atom is 0.338 e. The van der Waals surface area contributed by atoms with Crippen LogP contribution >= 0.6 is 0 Å². The maximum absolute atomic E-state index is 11.5. The molecule has 1 aromatic heterocycles. The lowest BCUT2D eigenvalue weighted by Gasteiger charge is -2.12. The highest BCUT2D eigenvalue weighted by atomic mass is 16.5. The molecule has 0 aliphatic heterocycles. The number of para-hydroxylation sites is 1. The van der Waals surface area contributed by atoms with Crippen LogP contribution in [0.4, 0.5) is 0 Å². The molecule has 2 N–H and O–H groups in total. The van der Waals surface area contributed by atoms with Gasteiger partial charge in [-0.2, -0.15) is 0 Å². The molecule has 21 heavy (non-hydrogen) atoms. The average Bonchev–Trinajstić information content (AvgIpc) is 2.86. The number of carbonyl (C=O) groups excluding carboxylic acids is 1. The van der Waals surface area contributed by atoms with Crippen LogP contribution in [-0.2, 0) is 0 Å². The predicted octanol–water partition coefficient (Wildman–Crippen LogP) is 3.32. The Kier molecular flexibility index (Phi) is 4.12. The van der Waals surface area contributed by atoms with Gasteiger partial charge in [0.25, 0.3) is 0 Å². The predicted molar refractivity (Wildman–Crippen MR) is 79.2 cm³/mol. The number of hydrogen-bond acceptors (Lipinski definition) is 3. The number of benzene rings is 1. The molecule has 5 nitrogen and oxygen atoms in total. The molecule has 0 saturated heterocycles. The fourth-order valence-electron chi connectivity index (χ4n) is 2.49. The van der Waals surface area contributed by atoms with Crippen molar-refractivity contribution in [3.8, 4) is 17.0 Å². The fraction of sp³-hybridized carbons (Fsp3) is 0.250. The number of aldehydes is 1. The van der Waals surface area contributed by atoms with E-state index in [1.54, 1.807) is 13.2 Å². The molecule has 2 aromatic rings. The van der Waals surface area contributed by atoms with E-state index in [0.717, 1.165) is 5.56 Å². The van der Waals surface area contributed by atoms with Crippen LogP contribution in [0.5, 0.6) is 5.75 Å². The first-order valence-electron chi connectivity index (χ1n) is 6.59. The summed E-state index contributed by atoms with van der Waals surface area (Å²) < 4.78 is 5.32. The fourth-order valence-corrected chi connectivity index (χ4v) is 2.49. The molecule has 5 heteroatoms. The molecule has 110 valence electrons. The Morgan fingerprint density at radius 3 is 2.52 bits per heavy atom. The molecular formula is C16H17NO4. The lowest BCUT2D eigenvalue weighted by molar-refractivity contribution is 0.0692. The Balaban J connectivity index is 2.80. The van der Waals surface area contributed by atoms with Gasteiger partial charge in [0, 0.05) is 5.56 Å². The molecule has 0 unspecified atom stereocenters. The number of aromatic amines is 1. The summed E-state index contributed by atoms with van der Waals surface area (Å²) in [7, 11) is 1.55. The molecule has 0 bridgehead atoms. The van der Waals surface area contributed by atoms with Crippen LogP contribution in [0.1, 0.15) is 46.2 Å². The minimum Gasteiger partial charge on any atom is -0.496 e. The minimum atomic E-state index is -1.11. The monoisotopic (exact) mass is 287 g/mol. The summed E-state index contributed by atoms with van der Waals surface area (Å²) in [5.74, 6) is -0.547. The van der Waals surface area contributed by atoms with Gasteiger partial charge >= 0.3 is 5.97 Å². The number of carboxylic acids is 1. The zero-order valence-electron chi connectivity index (χ0n) is 12.1. The van der Waals surface area contributed by atoms with Gasteiger partial charge in [0.2, 0.25) is 0 Å². The van der Waals surface area contributed by atoms with Crippen molar-refractivity contribution in [2.45, 2.75) is 19.8 Å². The summed E-state index contributed by atoms with van der Waals surface area (Å²) in [4.78, 5) is 25.6. The van der Waals surface area contributed by atoms with Crippen LogP contribution in [0.3, 0.4) is 0 Å². The van der Waals surface area contributed by atoms with E-state index < -0.39 is 5.97 Å². The number of ether oxygens (including phenoxy) is 1. The van der Waals surface area contributed by atoms with Gasteiger partial charge in [0.1, 0.15) is 5.75 Å². The van der Waals surface area contributed by atoms with Gasteiger partial charge in [-0.15, -0.1) is 0 Å².